The molecule has 2 N–H and O–H groups in total. The second kappa shape index (κ2) is 3.72. The topological polar surface area (TPSA) is 69.4 Å². The summed E-state index contributed by atoms with van der Waals surface area (Å²) in [4.78, 5) is 22.2. The van der Waals surface area contributed by atoms with Gasteiger partial charge in [0.1, 0.15) is 0 Å². The summed E-state index contributed by atoms with van der Waals surface area (Å²) >= 11 is 0. The van der Waals surface area contributed by atoms with Crippen molar-refractivity contribution in [1.29, 1.82) is 0 Å². The summed E-state index contributed by atoms with van der Waals surface area (Å²) in [5.74, 6) is 1.99. The lowest BCUT2D eigenvalue weighted by molar-refractivity contribution is -0.145. The van der Waals surface area contributed by atoms with Crippen molar-refractivity contribution in [2.75, 3.05) is 0 Å². The second-order valence-electron chi connectivity index (χ2n) is 6.39. The van der Waals surface area contributed by atoms with E-state index >= 15 is 0 Å². The number of carbonyl (C=O) groups excluding carboxylic acids is 2. The molecule has 0 aromatic carbocycles. The van der Waals surface area contributed by atoms with Gasteiger partial charge < -0.3 is 10.5 Å². The number of hydrogen-bond acceptors (Lipinski definition) is 3. The predicted octanol–water partition coefficient (Wildman–Crippen LogP) is 2.21. The van der Waals surface area contributed by atoms with Gasteiger partial charge in [0.15, 0.2) is 0 Å². The Bertz CT molecular complexity index is 328. The summed E-state index contributed by atoms with van der Waals surface area (Å²) < 4.78 is 4.49. The largest absolute Gasteiger partial charge is 0.412 e. The van der Waals surface area contributed by atoms with E-state index in [0.29, 0.717) is 6.42 Å². The van der Waals surface area contributed by atoms with Crippen molar-refractivity contribution in [3.63, 3.8) is 0 Å². The predicted molar refractivity (Wildman–Crippen MR) is 60.9 cm³/mol. The molecule has 0 radical (unpaired) electrons. The zero-order valence-corrected chi connectivity index (χ0v) is 9.98. The van der Waals surface area contributed by atoms with Crippen LogP contribution in [-0.4, -0.2) is 12.1 Å². The quantitative estimate of drug-likeness (QED) is 0.591. The molecule has 0 spiro atoms. The van der Waals surface area contributed by atoms with Gasteiger partial charge in [-0.15, -0.1) is 0 Å². The number of nitrogens with two attached hydrogens (primary N) is 1. The average molecular weight is 237 g/mol. The third-order valence-corrected chi connectivity index (χ3v) is 4.90. The molecule has 0 unspecified atom stereocenters. The van der Waals surface area contributed by atoms with E-state index in [1.54, 1.807) is 0 Å². The fourth-order valence-corrected chi connectivity index (χ4v) is 4.96. The zero-order chi connectivity index (χ0) is 12.0. The van der Waals surface area contributed by atoms with Gasteiger partial charge in [-0.2, -0.15) is 0 Å². The summed E-state index contributed by atoms with van der Waals surface area (Å²) in [6.45, 7) is 0. The molecule has 4 rings (SSSR count). The molecule has 4 nitrogen and oxygen atoms in total. The summed E-state index contributed by atoms with van der Waals surface area (Å²) in [7, 11) is 0. The van der Waals surface area contributed by atoms with E-state index in [1.807, 2.05) is 0 Å². The summed E-state index contributed by atoms with van der Waals surface area (Å²) in [6, 6.07) is 0. The molecule has 94 valence electrons. The third kappa shape index (κ3) is 2.05. The van der Waals surface area contributed by atoms with Gasteiger partial charge >= 0.3 is 12.1 Å². The Morgan fingerprint density at radius 3 is 1.94 bits per heavy atom. The summed E-state index contributed by atoms with van der Waals surface area (Å²) in [6.07, 6.45) is 6.91. The Hall–Kier alpha value is -1.06. The van der Waals surface area contributed by atoms with E-state index in [0.717, 1.165) is 37.0 Å². The SMILES string of the molecule is NC(=O)OC(=O)CC12CC3CC(CC(C3)C1)C2. The lowest BCUT2D eigenvalue weighted by Crippen LogP contribution is -2.47. The molecule has 4 bridgehead atoms. The third-order valence-electron chi connectivity index (χ3n) is 4.90. The van der Waals surface area contributed by atoms with Crippen LogP contribution in [0.3, 0.4) is 0 Å². The van der Waals surface area contributed by atoms with E-state index in [4.69, 9.17) is 5.73 Å². The van der Waals surface area contributed by atoms with Crippen molar-refractivity contribution in [3.05, 3.63) is 0 Å². The van der Waals surface area contributed by atoms with Gasteiger partial charge in [0.2, 0.25) is 0 Å². The maximum Gasteiger partial charge on any atom is 0.412 e. The van der Waals surface area contributed by atoms with E-state index in [1.165, 1.54) is 19.3 Å². The molecule has 4 aliphatic carbocycles. The zero-order valence-electron chi connectivity index (χ0n) is 9.98. The van der Waals surface area contributed by atoms with E-state index < -0.39 is 12.1 Å². The highest BCUT2D eigenvalue weighted by molar-refractivity contribution is 5.83. The van der Waals surface area contributed by atoms with E-state index in [2.05, 4.69) is 4.74 Å². The lowest BCUT2D eigenvalue weighted by atomic mass is 9.49. The minimum atomic E-state index is -0.972. The highest BCUT2D eigenvalue weighted by atomic mass is 16.6. The monoisotopic (exact) mass is 237 g/mol. The number of carbonyl (C=O) groups is 2. The van der Waals surface area contributed by atoms with Crippen LogP contribution >= 0.6 is 0 Å². The minimum Gasteiger partial charge on any atom is -0.376 e. The van der Waals surface area contributed by atoms with E-state index in [-0.39, 0.29) is 5.41 Å². The average Bonchev–Trinajstić information content (AvgIpc) is 2.11. The number of rotatable bonds is 2. The molecule has 4 fully saturated rings. The van der Waals surface area contributed by atoms with Crippen LogP contribution in [0.15, 0.2) is 0 Å². The van der Waals surface area contributed by atoms with Crippen LogP contribution in [0.1, 0.15) is 44.9 Å². The van der Waals surface area contributed by atoms with Gasteiger partial charge in [-0.3, -0.25) is 4.79 Å². The van der Waals surface area contributed by atoms with Gasteiger partial charge in [0, 0.05) is 0 Å². The van der Waals surface area contributed by atoms with Gasteiger partial charge in [0.05, 0.1) is 6.42 Å². The molecule has 0 aromatic heterocycles. The first-order chi connectivity index (χ1) is 8.05. The highest BCUT2D eigenvalue weighted by Gasteiger charge is 2.51. The molecule has 0 atom stereocenters. The molecular formula is C13H19NO3. The van der Waals surface area contributed by atoms with Crippen molar-refractivity contribution in [3.8, 4) is 0 Å². The van der Waals surface area contributed by atoms with Crippen LogP contribution in [0.5, 0.6) is 0 Å². The van der Waals surface area contributed by atoms with Gasteiger partial charge in [-0.1, -0.05) is 0 Å². The highest BCUT2D eigenvalue weighted by Crippen LogP contribution is 2.61. The maximum atomic E-state index is 11.6. The molecule has 4 aliphatic rings. The van der Waals surface area contributed by atoms with Gasteiger partial charge in [0.25, 0.3) is 0 Å². The molecule has 0 heterocycles. The van der Waals surface area contributed by atoms with Crippen molar-refractivity contribution in [2.24, 2.45) is 28.9 Å². The van der Waals surface area contributed by atoms with Gasteiger partial charge in [-0.25, -0.2) is 4.79 Å². The van der Waals surface area contributed by atoms with Crippen LogP contribution in [0.4, 0.5) is 4.79 Å². The number of hydrogen-bond donors (Lipinski definition) is 1. The number of esters is 1. The van der Waals surface area contributed by atoms with Crippen molar-refractivity contribution < 1.29 is 14.3 Å². The summed E-state index contributed by atoms with van der Waals surface area (Å²) in [5, 5.41) is 0. The Morgan fingerprint density at radius 2 is 1.53 bits per heavy atom. The molecule has 4 heteroatoms. The van der Waals surface area contributed by atoms with E-state index in [9.17, 15) is 9.59 Å². The maximum absolute atomic E-state index is 11.6. The van der Waals surface area contributed by atoms with Crippen LogP contribution < -0.4 is 5.73 Å². The van der Waals surface area contributed by atoms with Crippen molar-refractivity contribution in [1.82, 2.24) is 0 Å². The fourth-order valence-electron chi connectivity index (χ4n) is 4.96. The molecule has 0 aromatic rings. The standard InChI is InChI=1S/C13H19NO3/c14-12(16)17-11(15)7-13-4-8-1-9(5-13)3-10(2-8)6-13/h8-10H,1-7H2,(H2,14,16). The first kappa shape index (κ1) is 11.1. The van der Waals surface area contributed by atoms with Crippen LogP contribution in [-0.2, 0) is 9.53 Å². The van der Waals surface area contributed by atoms with Crippen LogP contribution in [0.25, 0.3) is 0 Å². The molecule has 4 saturated carbocycles. The minimum absolute atomic E-state index is 0.126. The smallest absolute Gasteiger partial charge is 0.376 e. The Balaban J connectivity index is 1.70. The number of ether oxygens (including phenoxy) is 1. The number of primary amides is 1. The normalized spacial score (nSPS) is 42.5. The molecule has 0 aliphatic heterocycles. The lowest BCUT2D eigenvalue weighted by Gasteiger charge is -2.56. The first-order valence-corrected chi connectivity index (χ1v) is 6.55. The van der Waals surface area contributed by atoms with Crippen molar-refractivity contribution >= 4 is 12.1 Å². The first-order valence-electron chi connectivity index (χ1n) is 6.55. The van der Waals surface area contributed by atoms with Crippen LogP contribution in [0.2, 0.25) is 0 Å². The van der Waals surface area contributed by atoms with Gasteiger partial charge in [-0.05, 0) is 61.7 Å². The Morgan fingerprint density at radius 1 is 1.06 bits per heavy atom. The number of amides is 1. The second-order valence-corrected chi connectivity index (χ2v) is 6.39. The summed E-state index contributed by atoms with van der Waals surface area (Å²) in [5.41, 5.74) is 5.00. The Labute approximate surface area is 101 Å². The molecule has 0 saturated heterocycles. The van der Waals surface area contributed by atoms with Crippen molar-refractivity contribution in [2.45, 2.75) is 44.9 Å². The Kier molecular flexibility index (Phi) is 2.42. The van der Waals surface area contributed by atoms with Crippen LogP contribution in [0, 0.1) is 23.2 Å². The molecule has 1 amide bonds. The molecule has 17 heavy (non-hydrogen) atoms. The fraction of sp³-hybridized carbons (Fsp3) is 0.846. The molecular weight excluding hydrogens is 218 g/mol.